The van der Waals surface area contributed by atoms with E-state index in [2.05, 4.69) is 0 Å². The number of ether oxygens (including phenoxy) is 2. The van der Waals surface area contributed by atoms with Gasteiger partial charge in [-0.2, -0.15) is 4.31 Å². The monoisotopic (exact) mass is 466 g/mol. The minimum Gasteiger partial charge on any atom is -0.497 e. The van der Waals surface area contributed by atoms with Crippen molar-refractivity contribution >= 4 is 27.5 Å². The first-order chi connectivity index (χ1) is 14.8. The molecule has 1 aliphatic heterocycles. The summed E-state index contributed by atoms with van der Waals surface area (Å²) in [6, 6.07) is 11.5. The minimum absolute atomic E-state index is 0.0233. The predicted molar refractivity (Wildman–Crippen MR) is 120 cm³/mol. The van der Waals surface area contributed by atoms with Gasteiger partial charge >= 0.3 is 0 Å². The van der Waals surface area contributed by atoms with Gasteiger partial charge in [0.05, 0.1) is 18.7 Å². The van der Waals surface area contributed by atoms with Crippen LogP contribution in [0.2, 0.25) is 5.02 Å². The molecule has 1 heterocycles. The number of carbonyl (C=O) groups is 1. The van der Waals surface area contributed by atoms with Crippen LogP contribution in [0.5, 0.6) is 11.5 Å². The van der Waals surface area contributed by atoms with Crippen LogP contribution in [-0.2, 0) is 10.0 Å². The van der Waals surface area contributed by atoms with Crippen LogP contribution in [0.25, 0.3) is 0 Å². The molecule has 7 nitrogen and oxygen atoms in total. The summed E-state index contributed by atoms with van der Waals surface area (Å²) in [5.41, 5.74) is 0.270. The highest BCUT2D eigenvalue weighted by atomic mass is 35.5. The molecule has 2 aromatic carbocycles. The Hall–Kier alpha value is -2.29. The van der Waals surface area contributed by atoms with Gasteiger partial charge in [0.2, 0.25) is 10.0 Å². The lowest BCUT2D eigenvalue weighted by atomic mass is 10.2. The number of benzene rings is 2. The number of methoxy groups -OCH3 is 1. The number of piperidine rings is 1. The Balaban J connectivity index is 1.65. The lowest BCUT2D eigenvalue weighted by Crippen LogP contribution is -2.36. The topological polar surface area (TPSA) is 76.1 Å². The summed E-state index contributed by atoms with van der Waals surface area (Å²) in [6.45, 7) is 1.57. The standard InChI is InChI=1S/C22H27ClN2O5S/c1-24(14-15-30-19-9-7-18(29-2)8-10-19)22(26)17-6-11-20(23)21(16-17)31(27,28)25-12-4-3-5-13-25/h6-11,16H,3-5,12-15H2,1-2H3. The Bertz CT molecular complexity index is 1010. The molecule has 31 heavy (non-hydrogen) atoms. The van der Waals surface area contributed by atoms with Gasteiger partial charge in [0, 0.05) is 25.7 Å². The van der Waals surface area contributed by atoms with Gasteiger partial charge in [-0.1, -0.05) is 18.0 Å². The van der Waals surface area contributed by atoms with Crippen molar-refractivity contribution in [1.82, 2.24) is 9.21 Å². The SMILES string of the molecule is COc1ccc(OCCN(C)C(=O)c2ccc(Cl)c(S(=O)(=O)N3CCCCC3)c2)cc1. The van der Waals surface area contributed by atoms with Gasteiger partial charge in [0.25, 0.3) is 5.91 Å². The first kappa shape index (κ1) is 23.4. The number of halogens is 1. The second-order valence-corrected chi connectivity index (χ2v) is 9.67. The van der Waals surface area contributed by atoms with E-state index < -0.39 is 10.0 Å². The third-order valence-corrected chi connectivity index (χ3v) is 7.59. The molecule has 3 rings (SSSR count). The maximum absolute atomic E-state index is 13.0. The fourth-order valence-electron chi connectivity index (χ4n) is 3.37. The van der Waals surface area contributed by atoms with E-state index >= 15 is 0 Å². The molecule has 0 unspecified atom stereocenters. The van der Waals surface area contributed by atoms with Gasteiger partial charge in [0.1, 0.15) is 23.0 Å². The van der Waals surface area contributed by atoms with E-state index in [4.69, 9.17) is 21.1 Å². The summed E-state index contributed by atoms with van der Waals surface area (Å²) >= 11 is 6.20. The summed E-state index contributed by atoms with van der Waals surface area (Å²) in [6.07, 6.45) is 2.67. The zero-order valence-electron chi connectivity index (χ0n) is 17.7. The maximum Gasteiger partial charge on any atom is 0.253 e. The van der Waals surface area contributed by atoms with Gasteiger partial charge in [0.15, 0.2) is 0 Å². The molecule has 0 radical (unpaired) electrons. The highest BCUT2D eigenvalue weighted by Crippen LogP contribution is 2.28. The molecule has 1 amide bonds. The molecule has 0 saturated carbocycles. The summed E-state index contributed by atoms with van der Waals surface area (Å²) < 4.78 is 38.2. The van der Waals surface area contributed by atoms with Gasteiger partial charge in [-0.05, 0) is 55.3 Å². The van der Waals surface area contributed by atoms with E-state index in [0.29, 0.717) is 32.0 Å². The largest absolute Gasteiger partial charge is 0.497 e. The normalized spacial score (nSPS) is 14.8. The minimum atomic E-state index is -3.74. The molecule has 1 aliphatic rings. The average molecular weight is 467 g/mol. The zero-order chi connectivity index (χ0) is 22.4. The van der Waals surface area contributed by atoms with Crippen molar-refractivity contribution in [3.63, 3.8) is 0 Å². The van der Waals surface area contributed by atoms with E-state index in [1.807, 2.05) is 0 Å². The first-order valence-electron chi connectivity index (χ1n) is 10.1. The molecule has 1 saturated heterocycles. The summed E-state index contributed by atoms with van der Waals surface area (Å²) in [5.74, 6) is 1.10. The van der Waals surface area contributed by atoms with Crippen LogP contribution in [0, 0.1) is 0 Å². The van der Waals surface area contributed by atoms with Gasteiger partial charge < -0.3 is 14.4 Å². The van der Waals surface area contributed by atoms with Crippen LogP contribution < -0.4 is 9.47 Å². The number of rotatable bonds is 8. The molecule has 0 aromatic heterocycles. The molecule has 2 aromatic rings. The number of carbonyl (C=O) groups excluding carboxylic acids is 1. The van der Waals surface area contributed by atoms with Crippen LogP contribution in [0.15, 0.2) is 47.4 Å². The van der Waals surface area contributed by atoms with Crippen molar-refractivity contribution < 1.29 is 22.7 Å². The third kappa shape index (κ3) is 5.70. The molecule has 9 heteroatoms. The number of amides is 1. The van der Waals surface area contributed by atoms with Crippen LogP contribution in [0.1, 0.15) is 29.6 Å². The summed E-state index contributed by atoms with van der Waals surface area (Å²) in [4.78, 5) is 14.3. The van der Waals surface area contributed by atoms with Crippen molar-refractivity contribution in [1.29, 1.82) is 0 Å². The van der Waals surface area contributed by atoms with E-state index in [1.54, 1.807) is 44.5 Å². The maximum atomic E-state index is 13.0. The molecular formula is C22H27ClN2O5S. The molecule has 0 spiro atoms. The van der Waals surface area contributed by atoms with Crippen molar-refractivity contribution in [2.45, 2.75) is 24.2 Å². The van der Waals surface area contributed by atoms with Crippen LogP contribution in [0.3, 0.4) is 0 Å². The predicted octanol–water partition coefficient (Wildman–Crippen LogP) is 3.67. The number of nitrogens with zero attached hydrogens (tertiary/aromatic N) is 2. The van der Waals surface area contributed by atoms with E-state index in [0.717, 1.165) is 25.0 Å². The second-order valence-electron chi connectivity index (χ2n) is 7.36. The number of likely N-dealkylation sites (N-methyl/N-ethyl adjacent to an activating group) is 1. The average Bonchev–Trinajstić information content (AvgIpc) is 2.79. The summed E-state index contributed by atoms with van der Waals surface area (Å²) in [5, 5.41) is 0.118. The van der Waals surface area contributed by atoms with Crippen molar-refractivity contribution in [2.24, 2.45) is 0 Å². The van der Waals surface area contributed by atoms with E-state index in [9.17, 15) is 13.2 Å². The second kappa shape index (κ2) is 10.3. The zero-order valence-corrected chi connectivity index (χ0v) is 19.3. The Morgan fingerprint density at radius 2 is 1.71 bits per heavy atom. The molecule has 0 aliphatic carbocycles. The lowest BCUT2D eigenvalue weighted by molar-refractivity contribution is 0.0773. The van der Waals surface area contributed by atoms with Gasteiger partial charge in [-0.3, -0.25) is 4.79 Å². The van der Waals surface area contributed by atoms with Crippen molar-refractivity contribution in [3.05, 3.63) is 53.1 Å². The quantitative estimate of drug-likeness (QED) is 0.593. The van der Waals surface area contributed by atoms with Crippen LogP contribution >= 0.6 is 11.6 Å². The van der Waals surface area contributed by atoms with Crippen LogP contribution in [-0.4, -0.2) is 63.9 Å². The molecule has 1 fully saturated rings. The van der Waals surface area contributed by atoms with Gasteiger partial charge in [-0.25, -0.2) is 8.42 Å². The number of hydrogen-bond donors (Lipinski definition) is 0. The Labute approximate surface area is 188 Å². The highest BCUT2D eigenvalue weighted by molar-refractivity contribution is 7.89. The van der Waals surface area contributed by atoms with Gasteiger partial charge in [-0.15, -0.1) is 0 Å². The van der Waals surface area contributed by atoms with Crippen molar-refractivity contribution in [3.8, 4) is 11.5 Å². The third-order valence-electron chi connectivity index (χ3n) is 5.21. The number of sulfonamides is 1. The Morgan fingerprint density at radius 1 is 1.06 bits per heavy atom. The fourth-order valence-corrected chi connectivity index (χ4v) is 5.39. The Kier molecular flexibility index (Phi) is 7.80. The number of hydrogen-bond acceptors (Lipinski definition) is 5. The van der Waals surface area contributed by atoms with Crippen LogP contribution in [0.4, 0.5) is 0 Å². The molecule has 0 N–H and O–H groups in total. The van der Waals surface area contributed by atoms with Crippen molar-refractivity contribution in [2.75, 3.05) is 40.4 Å². The smallest absolute Gasteiger partial charge is 0.253 e. The molecular weight excluding hydrogens is 440 g/mol. The molecule has 0 bridgehead atoms. The fraction of sp³-hybridized carbons (Fsp3) is 0.409. The van der Waals surface area contributed by atoms with E-state index in [1.165, 1.54) is 21.3 Å². The Morgan fingerprint density at radius 3 is 2.35 bits per heavy atom. The molecule has 0 atom stereocenters. The van der Waals surface area contributed by atoms with E-state index in [-0.39, 0.29) is 21.4 Å². The lowest BCUT2D eigenvalue weighted by Gasteiger charge is -2.26. The summed E-state index contributed by atoms with van der Waals surface area (Å²) in [7, 11) is -0.498. The highest BCUT2D eigenvalue weighted by Gasteiger charge is 2.29. The first-order valence-corrected chi connectivity index (χ1v) is 12.0. The molecule has 168 valence electrons.